The standard InChI is InChI=1S/C13H21N3O.ClH/c1-4-16(13(17)12(14)10(2)3)9-11-5-7-15-8-6-11;/h5-8,10,12H,4,9,14H2,1-3H3;1H. The smallest absolute Gasteiger partial charge is 0.240 e. The highest BCUT2D eigenvalue weighted by Gasteiger charge is 2.22. The Balaban J connectivity index is 0.00000289. The Hall–Kier alpha value is -1.13. The zero-order valence-corrected chi connectivity index (χ0v) is 12.0. The average Bonchev–Trinajstić information content (AvgIpc) is 2.35. The number of hydrogen-bond donors (Lipinski definition) is 1. The number of nitrogens with zero attached hydrogens (tertiary/aromatic N) is 2. The lowest BCUT2D eigenvalue weighted by Crippen LogP contribution is -2.46. The Morgan fingerprint density at radius 2 is 1.94 bits per heavy atom. The van der Waals surface area contributed by atoms with Gasteiger partial charge < -0.3 is 10.6 Å². The first-order chi connectivity index (χ1) is 8.06. The van der Waals surface area contributed by atoms with Gasteiger partial charge in [0.1, 0.15) is 0 Å². The number of rotatable bonds is 5. The largest absolute Gasteiger partial charge is 0.337 e. The van der Waals surface area contributed by atoms with Crippen LogP contribution in [0.1, 0.15) is 26.3 Å². The zero-order chi connectivity index (χ0) is 12.8. The number of pyridine rings is 1. The number of likely N-dealkylation sites (N-methyl/N-ethyl adjacent to an activating group) is 1. The second kappa shape index (κ2) is 8.06. The van der Waals surface area contributed by atoms with Gasteiger partial charge in [-0.25, -0.2) is 0 Å². The van der Waals surface area contributed by atoms with Crippen molar-refractivity contribution in [2.75, 3.05) is 6.54 Å². The molecule has 0 aromatic carbocycles. The highest BCUT2D eigenvalue weighted by Crippen LogP contribution is 2.08. The summed E-state index contributed by atoms with van der Waals surface area (Å²) >= 11 is 0. The molecule has 0 radical (unpaired) electrons. The van der Waals surface area contributed by atoms with Crippen molar-refractivity contribution in [3.63, 3.8) is 0 Å². The highest BCUT2D eigenvalue weighted by atomic mass is 35.5. The molecule has 1 rings (SSSR count). The van der Waals surface area contributed by atoms with Gasteiger partial charge in [-0.2, -0.15) is 0 Å². The van der Waals surface area contributed by atoms with Gasteiger partial charge in [0, 0.05) is 25.5 Å². The summed E-state index contributed by atoms with van der Waals surface area (Å²) in [4.78, 5) is 17.8. The Bertz CT molecular complexity index is 357. The molecule has 1 aromatic heterocycles. The molecule has 1 atom stereocenters. The molecule has 0 saturated heterocycles. The molecular formula is C13H22ClN3O. The summed E-state index contributed by atoms with van der Waals surface area (Å²) in [5, 5.41) is 0. The lowest BCUT2D eigenvalue weighted by molar-refractivity contribution is -0.134. The molecule has 4 nitrogen and oxygen atoms in total. The van der Waals surface area contributed by atoms with E-state index in [-0.39, 0.29) is 24.2 Å². The predicted molar refractivity (Wildman–Crippen MR) is 75.4 cm³/mol. The van der Waals surface area contributed by atoms with Crippen LogP contribution in [0.4, 0.5) is 0 Å². The Morgan fingerprint density at radius 3 is 2.39 bits per heavy atom. The lowest BCUT2D eigenvalue weighted by Gasteiger charge is -2.26. The molecule has 1 unspecified atom stereocenters. The maximum Gasteiger partial charge on any atom is 0.240 e. The fourth-order valence-corrected chi connectivity index (χ4v) is 1.55. The van der Waals surface area contributed by atoms with E-state index < -0.39 is 6.04 Å². The van der Waals surface area contributed by atoms with Crippen LogP contribution in [0.25, 0.3) is 0 Å². The van der Waals surface area contributed by atoms with Crippen LogP contribution in [0.3, 0.4) is 0 Å². The molecule has 1 aromatic rings. The molecule has 0 aliphatic carbocycles. The number of hydrogen-bond acceptors (Lipinski definition) is 3. The SMILES string of the molecule is CCN(Cc1ccncc1)C(=O)C(N)C(C)C.Cl. The zero-order valence-electron chi connectivity index (χ0n) is 11.2. The molecule has 0 aliphatic heterocycles. The van der Waals surface area contributed by atoms with Crippen molar-refractivity contribution >= 4 is 18.3 Å². The van der Waals surface area contributed by atoms with Crippen LogP contribution in [0.15, 0.2) is 24.5 Å². The first kappa shape index (κ1) is 16.9. The summed E-state index contributed by atoms with van der Waals surface area (Å²) in [5.41, 5.74) is 6.96. The lowest BCUT2D eigenvalue weighted by atomic mass is 10.0. The van der Waals surface area contributed by atoms with Crippen LogP contribution in [0, 0.1) is 5.92 Å². The van der Waals surface area contributed by atoms with E-state index in [2.05, 4.69) is 4.98 Å². The molecule has 0 spiro atoms. The van der Waals surface area contributed by atoms with Crippen LogP contribution < -0.4 is 5.73 Å². The number of nitrogens with two attached hydrogens (primary N) is 1. The van der Waals surface area contributed by atoms with Crippen molar-refractivity contribution in [1.82, 2.24) is 9.88 Å². The fraction of sp³-hybridized carbons (Fsp3) is 0.538. The monoisotopic (exact) mass is 271 g/mol. The second-order valence-corrected chi connectivity index (χ2v) is 4.48. The molecule has 18 heavy (non-hydrogen) atoms. The van der Waals surface area contributed by atoms with E-state index in [9.17, 15) is 4.79 Å². The third-order valence-corrected chi connectivity index (χ3v) is 2.82. The van der Waals surface area contributed by atoms with Gasteiger partial charge in [0.25, 0.3) is 0 Å². The summed E-state index contributed by atoms with van der Waals surface area (Å²) < 4.78 is 0. The third-order valence-electron chi connectivity index (χ3n) is 2.82. The number of aromatic nitrogens is 1. The van der Waals surface area contributed by atoms with Crippen LogP contribution in [0.2, 0.25) is 0 Å². The van der Waals surface area contributed by atoms with Crippen molar-refractivity contribution in [2.24, 2.45) is 11.7 Å². The van der Waals surface area contributed by atoms with Gasteiger partial charge in [0.05, 0.1) is 6.04 Å². The number of carbonyl (C=O) groups excluding carboxylic acids is 1. The number of halogens is 1. The van der Waals surface area contributed by atoms with Crippen LogP contribution in [0.5, 0.6) is 0 Å². The maximum absolute atomic E-state index is 12.1. The number of amides is 1. The molecule has 102 valence electrons. The molecule has 5 heteroatoms. The minimum absolute atomic E-state index is 0. The van der Waals surface area contributed by atoms with Crippen molar-refractivity contribution in [2.45, 2.75) is 33.4 Å². The molecule has 0 fully saturated rings. The molecule has 0 saturated carbocycles. The van der Waals surface area contributed by atoms with E-state index in [0.29, 0.717) is 13.1 Å². The van der Waals surface area contributed by atoms with Crippen molar-refractivity contribution in [3.05, 3.63) is 30.1 Å². The van der Waals surface area contributed by atoms with Crippen molar-refractivity contribution < 1.29 is 4.79 Å². The summed E-state index contributed by atoms with van der Waals surface area (Å²) in [6.45, 7) is 7.15. The van der Waals surface area contributed by atoms with E-state index in [4.69, 9.17) is 5.73 Å². The summed E-state index contributed by atoms with van der Waals surface area (Å²) in [7, 11) is 0. The molecule has 0 bridgehead atoms. The summed E-state index contributed by atoms with van der Waals surface area (Å²) in [6, 6.07) is 3.41. The van der Waals surface area contributed by atoms with Gasteiger partial charge in [-0.05, 0) is 30.5 Å². The van der Waals surface area contributed by atoms with Crippen LogP contribution in [-0.2, 0) is 11.3 Å². The molecular weight excluding hydrogens is 250 g/mol. The van der Waals surface area contributed by atoms with E-state index in [1.807, 2.05) is 32.9 Å². The van der Waals surface area contributed by atoms with E-state index in [1.54, 1.807) is 17.3 Å². The Morgan fingerprint density at radius 1 is 1.39 bits per heavy atom. The van der Waals surface area contributed by atoms with E-state index >= 15 is 0 Å². The number of carbonyl (C=O) groups is 1. The molecule has 0 aliphatic rings. The van der Waals surface area contributed by atoms with Gasteiger partial charge in [-0.1, -0.05) is 13.8 Å². The van der Waals surface area contributed by atoms with Crippen LogP contribution in [-0.4, -0.2) is 28.4 Å². The molecule has 1 amide bonds. The third kappa shape index (κ3) is 4.63. The van der Waals surface area contributed by atoms with Gasteiger partial charge in [-0.3, -0.25) is 9.78 Å². The Labute approximate surface area is 115 Å². The average molecular weight is 272 g/mol. The highest BCUT2D eigenvalue weighted by molar-refractivity contribution is 5.85. The van der Waals surface area contributed by atoms with Gasteiger partial charge in [-0.15, -0.1) is 12.4 Å². The topological polar surface area (TPSA) is 59.2 Å². The van der Waals surface area contributed by atoms with Gasteiger partial charge >= 0.3 is 0 Å². The van der Waals surface area contributed by atoms with Crippen molar-refractivity contribution in [3.8, 4) is 0 Å². The minimum Gasteiger partial charge on any atom is -0.337 e. The van der Waals surface area contributed by atoms with Crippen molar-refractivity contribution in [1.29, 1.82) is 0 Å². The van der Waals surface area contributed by atoms with Gasteiger partial charge in [0.15, 0.2) is 0 Å². The fourth-order valence-electron chi connectivity index (χ4n) is 1.55. The molecule has 1 heterocycles. The minimum atomic E-state index is -0.420. The second-order valence-electron chi connectivity index (χ2n) is 4.48. The maximum atomic E-state index is 12.1. The quantitative estimate of drug-likeness (QED) is 0.889. The van der Waals surface area contributed by atoms with Gasteiger partial charge in [0.2, 0.25) is 5.91 Å². The van der Waals surface area contributed by atoms with E-state index in [1.165, 1.54) is 0 Å². The Kier molecular flexibility index (Phi) is 7.55. The summed E-state index contributed by atoms with van der Waals surface area (Å²) in [6.07, 6.45) is 3.46. The van der Waals surface area contributed by atoms with Crippen LogP contribution >= 0.6 is 12.4 Å². The summed E-state index contributed by atoms with van der Waals surface area (Å²) in [5.74, 6) is 0.174. The first-order valence-electron chi connectivity index (χ1n) is 5.99. The first-order valence-corrected chi connectivity index (χ1v) is 5.99. The molecule has 2 N–H and O–H groups in total. The predicted octanol–water partition coefficient (Wildman–Crippen LogP) is 1.84. The van der Waals surface area contributed by atoms with E-state index in [0.717, 1.165) is 5.56 Å². The normalized spacial score (nSPS) is 11.8.